The Bertz CT molecular complexity index is 3050. The maximum absolute atomic E-state index is 2.47. The molecule has 54 heavy (non-hydrogen) atoms. The van der Waals surface area contributed by atoms with Crippen LogP contribution in [-0.4, -0.2) is 4.57 Å². The molecule has 1 aliphatic carbocycles. The second kappa shape index (κ2) is 11.8. The van der Waals surface area contributed by atoms with E-state index in [4.69, 9.17) is 0 Å². The highest BCUT2D eigenvalue weighted by Crippen LogP contribution is 2.54. The summed E-state index contributed by atoms with van der Waals surface area (Å²) in [6.07, 6.45) is 0. The summed E-state index contributed by atoms with van der Waals surface area (Å²) in [6.45, 7) is 2.39. The van der Waals surface area contributed by atoms with Crippen LogP contribution in [0, 0.1) is 0 Å². The lowest BCUT2D eigenvalue weighted by Crippen LogP contribution is -2.22. The van der Waals surface area contributed by atoms with Gasteiger partial charge in [-0.1, -0.05) is 146 Å². The van der Waals surface area contributed by atoms with Gasteiger partial charge in [-0.3, -0.25) is 0 Å². The van der Waals surface area contributed by atoms with Gasteiger partial charge in [0.2, 0.25) is 0 Å². The highest BCUT2D eigenvalue weighted by molar-refractivity contribution is 6.32. The van der Waals surface area contributed by atoms with E-state index >= 15 is 0 Å². The van der Waals surface area contributed by atoms with Crippen LogP contribution in [0.15, 0.2) is 200 Å². The van der Waals surface area contributed by atoms with Crippen LogP contribution in [0.1, 0.15) is 23.6 Å². The number of hydrogen-bond acceptors (Lipinski definition) is 1. The summed E-state index contributed by atoms with van der Waals surface area (Å²) >= 11 is 0. The van der Waals surface area contributed by atoms with Crippen molar-refractivity contribution >= 4 is 60.4 Å². The van der Waals surface area contributed by atoms with Crippen molar-refractivity contribution < 1.29 is 0 Å². The molecule has 9 aromatic carbocycles. The molecule has 0 N–H and O–H groups in total. The fraction of sp³-hybridized carbons (Fsp3) is 0.0385. The first-order chi connectivity index (χ1) is 26.7. The second-order valence-corrected chi connectivity index (χ2v) is 14.6. The van der Waals surface area contributed by atoms with E-state index in [-0.39, 0.29) is 5.41 Å². The minimum absolute atomic E-state index is 0.279. The van der Waals surface area contributed by atoms with Crippen LogP contribution in [0.5, 0.6) is 0 Å². The van der Waals surface area contributed by atoms with Crippen LogP contribution in [0.4, 0.5) is 17.1 Å². The monoisotopic (exact) mass is 688 g/mol. The molecule has 2 heteroatoms. The molecule has 1 unspecified atom stereocenters. The number of benzene rings is 9. The van der Waals surface area contributed by atoms with Crippen molar-refractivity contribution in [3.63, 3.8) is 0 Å². The molecule has 1 aromatic heterocycles. The molecule has 0 spiro atoms. The van der Waals surface area contributed by atoms with Gasteiger partial charge in [0, 0.05) is 44.3 Å². The van der Waals surface area contributed by atoms with E-state index in [2.05, 4.69) is 217 Å². The zero-order chi connectivity index (χ0) is 35.8. The SMILES string of the molecule is CC1(c2ccccc2)c2ccccc2-c2ccc(N(c3ccccc3)c3ccc(-n4c5ccccc5c5c6ccccc6c6ccccc6c54)cc3)cc21. The standard InChI is InChI=1S/C52H36N2/c1-52(35-16-4-2-5-17-35)47-26-14-12-22-42(47)43-33-32-39(34-48(43)52)53(36-18-6-3-7-19-36)37-28-30-38(31-29-37)54-49-27-15-13-25-46(49)50-44-23-10-8-20-40(44)41-21-9-11-24-45(41)51(50)54/h2-34H,1H3. The molecule has 1 atom stereocenters. The Balaban J connectivity index is 1.11. The minimum atomic E-state index is -0.279. The van der Waals surface area contributed by atoms with E-state index in [0.29, 0.717) is 0 Å². The lowest BCUT2D eigenvalue weighted by Gasteiger charge is -2.31. The number of fused-ring (bicyclic) bond motifs is 11. The van der Waals surface area contributed by atoms with Gasteiger partial charge in [-0.15, -0.1) is 0 Å². The van der Waals surface area contributed by atoms with Gasteiger partial charge in [0.15, 0.2) is 0 Å². The van der Waals surface area contributed by atoms with Crippen molar-refractivity contribution in [2.45, 2.75) is 12.3 Å². The Hall–Kier alpha value is -6.90. The summed E-state index contributed by atoms with van der Waals surface area (Å²) in [5.74, 6) is 0. The van der Waals surface area contributed by atoms with Gasteiger partial charge < -0.3 is 9.47 Å². The first-order valence-electron chi connectivity index (χ1n) is 18.8. The van der Waals surface area contributed by atoms with Gasteiger partial charge in [-0.25, -0.2) is 0 Å². The third kappa shape index (κ3) is 4.34. The van der Waals surface area contributed by atoms with E-state index < -0.39 is 0 Å². The maximum atomic E-state index is 2.47. The Labute approximate surface area is 314 Å². The molecule has 0 saturated heterocycles. The van der Waals surface area contributed by atoms with Gasteiger partial charge in [0.25, 0.3) is 0 Å². The number of aromatic nitrogens is 1. The van der Waals surface area contributed by atoms with Crippen molar-refractivity contribution in [1.29, 1.82) is 0 Å². The highest BCUT2D eigenvalue weighted by atomic mass is 15.1. The quantitative estimate of drug-likeness (QED) is 0.163. The molecular formula is C52H36N2. The fourth-order valence-electron chi connectivity index (χ4n) is 9.37. The molecule has 10 aromatic rings. The van der Waals surface area contributed by atoms with Crippen LogP contribution < -0.4 is 4.90 Å². The number of para-hydroxylation sites is 2. The van der Waals surface area contributed by atoms with Crippen LogP contribution >= 0.6 is 0 Å². The average molecular weight is 689 g/mol. The van der Waals surface area contributed by atoms with Gasteiger partial charge in [0.05, 0.1) is 11.0 Å². The predicted molar refractivity (Wildman–Crippen MR) is 228 cm³/mol. The third-order valence-corrected chi connectivity index (χ3v) is 11.8. The predicted octanol–water partition coefficient (Wildman–Crippen LogP) is 13.9. The van der Waals surface area contributed by atoms with Crippen molar-refractivity contribution in [1.82, 2.24) is 4.57 Å². The molecule has 0 amide bonds. The largest absolute Gasteiger partial charge is 0.310 e. The molecule has 2 nitrogen and oxygen atoms in total. The van der Waals surface area contributed by atoms with Crippen molar-refractivity contribution in [2.75, 3.05) is 4.90 Å². The molecule has 11 rings (SSSR count). The second-order valence-electron chi connectivity index (χ2n) is 14.6. The van der Waals surface area contributed by atoms with Gasteiger partial charge in [-0.2, -0.15) is 0 Å². The van der Waals surface area contributed by atoms with Crippen LogP contribution in [-0.2, 0) is 5.41 Å². The third-order valence-electron chi connectivity index (χ3n) is 11.8. The first-order valence-corrected chi connectivity index (χ1v) is 18.8. The van der Waals surface area contributed by atoms with Crippen LogP contribution in [0.25, 0.3) is 60.2 Å². The van der Waals surface area contributed by atoms with Crippen molar-refractivity contribution in [2.24, 2.45) is 0 Å². The first kappa shape index (κ1) is 30.7. The Morgan fingerprint density at radius 2 is 0.944 bits per heavy atom. The Morgan fingerprint density at radius 1 is 0.407 bits per heavy atom. The lowest BCUT2D eigenvalue weighted by atomic mass is 9.74. The number of rotatable bonds is 5. The maximum Gasteiger partial charge on any atom is 0.0625 e. The zero-order valence-electron chi connectivity index (χ0n) is 29.9. The highest BCUT2D eigenvalue weighted by Gasteiger charge is 2.41. The molecule has 0 radical (unpaired) electrons. The van der Waals surface area contributed by atoms with E-state index in [1.54, 1.807) is 0 Å². The van der Waals surface area contributed by atoms with E-state index in [9.17, 15) is 0 Å². The molecule has 0 aliphatic heterocycles. The van der Waals surface area contributed by atoms with Gasteiger partial charge in [-0.05, 0) is 105 Å². The van der Waals surface area contributed by atoms with Crippen molar-refractivity contribution in [3.8, 4) is 16.8 Å². The minimum Gasteiger partial charge on any atom is -0.310 e. The van der Waals surface area contributed by atoms with Gasteiger partial charge in [0.1, 0.15) is 0 Å². The normalized spacial score (nSPS) is 14.8. The number of anilines is 3. The Morgan fingerprint density at radius 3 is 1.70 bits per heavy atom. The zero-order valence-corrected chi connectivity index (χ0v) is 29.9. The molecule has 0 saturated carbocycles. The van der Waals surface area contributed by atoms with Crippen LogP contribution in [0.3, 0.4) is 0 Å². The average Bonchev–Trinajstić information content (AvgIpc) is 3.73. The summed E-state index contributed by atoms with van der Waals surface area (Å²) in [4.78, 5) is 2.40. The summed E-state index contributed by atoms with van der Waals surface area (Å²) in [5, 5.41) is 7.68. The fourth-order valence-corrected chi connectivity index (χ4v) is 9.37. The lowest BCUT2D eigenvalue weighted by molar-refractivity contribution is 0.714. The summed E-state index contributed by atoms with van der Waals surface area (Å²) in [7, 11) is 0. The molecule has 0 fully saturated rings. The number of nitrogens with zero attached hydrogens (tertiary/aromatic N) is 2. The van der Waals surface area contributed by atoms with Gasteiger partial charge >= 0.3 is 0 Å². The molecule has 1 aliphatic rings. The summed E-state index contributed by atoms with van der Waals surface area (Å²) in [5.41, 5.74) is 13.3. The summed E-state index contributed by atoms with van der Waals surface area (Å²) in [6, 6.07) is 73.4. The topological polar surface area (TPSA) is 8.17 Å². The van der Waals surface area contributed by atoms with Crippen LogP contribution in [0.2, 0.25) is 0 Å². The van der Waals surface area contributed by atoms with E-state index in [1.807, 2.05) is 0 Å². The molecular weight excluding hydrogens is 653 g/mol. The molecule has 0 bridgehead atoms. The molecule has 254 valence electrons. The van der Waals surface area contributed by atoms with E-state index in [0.717, 1.165) is 22.7 Å². The smallest absolute Gasteiger partial charge is 0.0625 e. The summed E-state index contributed by atoms with van der Waals surface area (Å²) < 4.78 is 2.47. The Kier molecular flexibility index (Phi) is 6.72. The molecule has 1 heterocycles. The van der Waals surface area contributed by atoms with E-state index in [1.165, 1.54) is 71.2 Å². The van der Waals surface area contributed by atoms with Crippen molar-refractivity contribution in [3.05, 3.63) is 217 Å². The number of hydrogen-bond donors (Lipinski definition) is 0.